The fourth-order valence-electron chi connectivity index (χ4n) is 8.59. The zero-order chi connectivity index (χ0) is 39.2. The van der Waals surface area contributed by atoms with Gasteiger partial charge in [-0.2, -0.15) is 5.06 Å². The number of aliphatic hydroxyl groups is 2. The highest BCUT2D eigenvalue weighted by Crippen LogP contribution is 2.58. The van der Waals surface area contributed by atoms with E-state index in [2.05, 4.69) is 24.5 Å². The molecule has 0 radical (unpaired) electrons. The lowest BCUT2D eigenvalue weighted by Crippen LogP contribution is -2.71. The van der Waals surface area contributed by atoms with E-state index in [1.54, 1.807) is 12.1 Å². The highest BCUT2D eigenvalue weighted by Gasteiger charge is 2.76. The quantitative estimate of drug-likeness (QED) is 0.103. The molecule has 4 fully saturated rings. The van der Waals surface area contributed by atoms with Crippen molar-refractivity contribution in [2.75, 3.05) is 13.2 Å². The second-order valence-electron chi connectivity index (χ2n) is 15.4. The van der Waals surface area contributed by atoms with Crippen molar-refractivity contribution in [2.45, 2.75) is 140 Å². The number of ether oxygens (including phenoxy) is 3. The van der Waals surface area contributed by atoms with Gasteiger partial charge in [0.25, 0.3) is 0 Å². The Bertz CT molecular complexity index is 1660. The first-order chi connectivity index (χ1) is 26.6. The number of carbonyl (C=O) groups excluding carboxylic acids is 3. The van der Waals surface area contributed by atoms with Gasteiger partial charge >= 0.3 is 5.97 Å². The maximum absolute atomic E-state index is 14.8. The number of hydrogen-bond acceptors (Lipinski definition) is 11. The number of hydroxylamine groups is 2. The van der Waals surface area contributed by atoms with Crippen molar-refractivity contribution in [1.29, 1.82) is 0 Å². The van der Waals surface area contributed by atoms with Gasteiger partial charge in [-0.05, 0) is 48.9 Å². The van der Waals surface area contributed by atoms with Crippen LogP contribution in [0.15, 0.2) is 54.6 Å². The molecule has 0 spiro atoms. The van der Waals surface area contributed by atoms with Crippen molar-refractivity contribution in [2.24, 2.45) is 5.41 Å². The van der Waals surface area contributed by atoms with E-state index in [9.17, 15) is 29.7 Å². The summed E-state index contributed by atoms with van der Waals surface area (Å²) in [7, 11) is 0. The number of benzene rings is 2. The molecular formula is C42H57N3O10. The molecule has 1 saturated carbocycles. The number of aliphatic hydroxyl groups excluding tert-OH is 2. The molecule has 8 unspecified atom stereocenters. The number of amides is 2. The van der Waals surface area contributed by atoms with Gasteiger partial charge in [0.2, 0.25) is 11.8 Å². The second kappa shape index (κ2) is 18.0. The molecule has 2 bridgehead atoms. The molecule has 55 heavy (non-hydrogen) atoms. The molecule has 3 aliphatic heterocycles. The summed E-state index contributed by atoms with van der Waals surface area (Å²) in [5.41, 5.74) is 1.05. The first kappa shape index (κ1) is 40.8. The van der Waals surface area contributed by atoms with Gasteiger partial charge in [0.1, 0.15) is 41.6 Å². The summed E-state index contributed by atoms with van der Waals surface area (Å²) < 4.78 is 19.9. The van der Waals surface area contributed by atoms with Crippen LogP contribution >= 0.6 is 0 Å². The van der Waals surface area contributed by atoms with Crippen LogP contribution in [0.2, 0.25) is 0 Å². The van der Waals surface area contributed by atoms with Gasteiger partial charge in [-0.25, -0.2) is 0 Å². The lowest BCUT2D eigenvalue weighted by Gasteiger charge is -2.49. The number of aromatic hydroxyl groups is 1. The van der Waals surface area contributed by atoms with Gasteiger partial charge < -0.3 is 40.2 Å². The number of phenolic OH excluding ortho intramolecular Hbond substituents is 1. The average molecular weight is 764 g/mol. The van der Waals surface area contributed by atoms with E-state index in [4.69, 9.17) is 19.0 Å². The molecular weight excluding hydrogens is 706 g/mol. The summed E-state index contributed by atoms with van der Waals surface area (Å²) in [4.78, 5) is 48.7. The smallest absolute Gasteiger partial charge is 0.327 e. The van der Waals surface area contributed by atoms with Crippen molar-refractivity contribution in [3.8, 4) is 5.75 Å². The number of nitrogens with zero attached hydrogens (tertiary/aromatic N) is 1. The van der Waals surface area contributed by atoms with Crippen LogP contribution in [0.1, 0.15) is 95.2 Å². The molecule has 5 N–H and O–H groups in total. The fourth-order valence-corrected chi connectivity index (χ4v) is 8.59. The summed E-state index contributed by atoms with van der Waals surface area (Å²) in [5, 5.41) is 36.8. The SMILES string of the molecule is CCCCCC1(CCCCC)OC2C3CC4(C(=O)NC(C(=O)NCCO)C(C)O)C(ON(Cc5ccc(C=CCc6ccccc6O)cc5)C4C(=O)O3)C2O1. The first-order valence-corrected chi connectivity index (χ1v) is 19.9. The molecule has 8 atom stereocenters. The minimum atomic E-state index is -1.54. The van der Waals surface area contributed by atoms with E-state index >= 15 is 0 Å². The average Bonchev–Trinajstić information content (AvgIpc) is 3.72. The highest BCUT2D eigenvalue weighted by molar-refractivity contribution is 5.96. The number of esters is 1. The Kier molecular flexibility index (Phi) is 13.3. The third-order valence-electron chi connectivity index (χ3n) is 11.4. The number of nitrogens with one attached hydrogen (secondary N) is 2. The van der Waals surface area contributed by atoms with Crippen LogP contribution in [0.5, 0.6) is 5.75 Å². The van der Waals surface area contributed by atoms with Crippen LogP contribution < -0.4 is 10.6 Å². The first-order valence-electron chi connectivity index (χ1n) is 19.9. The van der Waals surface area contributed by atoms with Gasteiger partial charge in [0.15, 0.2) is 11.8 Å². The molecule has 6 rings (SSSR count). The van der Waals surface area contributed by atoms with E-state index in [-0.39, 0.29) is 31.9 Å². The summed E-state index contributed by atoms with van der Waals surface area (Å²) in [6.45, 7) is 5.44. The van der Waals surface area contributed by atoms with E-state index < -0.39 is 71.6 Å². The minimum absolute atomic E-state index is 0.0577. The molecule has 4 aliphatic rings. The maximum Gasteiger partial charge on any atom is 0.327 e. The molecule has 0 aromatic heterocycles. The number of hydrogen-bond donors (Lipinski definition) is 5. The number of rotatable bonds is 19. The zero-order valence-corrected chi connectivity index (χ0v) is 32.2. The Morgan fingerprint density at radius 2 is 1.69 bits per heavy atom. The standard InChI is InChI=1S/C42H57N3O10/c1-4-6-10-21-41(22-11-7-5-2)53-34-32-25-42(40(51)44-33(27(3)47)38(49)43-23-24-46)36(39(50)52-32)45(55-37(42)35(34)54-41)26-29-19-17-28(18-20-29)13-12-15-30-14-8-9-16-31(30)48/h8-9,12-14,16-20,27,32-37,46-48H,4-7,10-11,15,21-26H2,1-3H3,(H,43,49)(H,44,51). The fraction of sp³-hybridized carbons (Fsp3) is 0.595. The van der Waals surface area contributed by atoms with Crippen LogP contribution in [0, 0.1) is 5.41 Å². The van der Waals surface area contributed by atoms with Gasteiger partial charge in [0, 0.05) is 25.8 Å². The highest BCUT2D eigenvalue weighted by atomic mass is 16.8. The van der Waals surface area contributed by atoms with E-state index in [0.717, 1.165) is 55.2 Å². The van der Waals surface area contributed by atoms with Gasteiger partial charge in [-0.1, -0.05) is 94.1 Å². The summed E-state index contributed by atoms with van der Waals surface area (Å²) in [5.74, 6) is -2.60. The number of allylic oxidation sites excluding steroid dienone is 1. The van der Waals surface area contributed by atoms with Crippen molar-refractivity contribution in [1.82, 2.24) is 15.7 Å². The van der Waals surface area contributed by atoms with Crippen LogP contribution in [0.3, 0.4) is 0 Å². The third kappa shape index (κ3) is 8.62. The van der Waals surface area contributed by atoms with Crippen LogP contribution in [-0.4, -0.2) is 99.7 Å². The van der Waals surface area contributed by atoms with Crippen molar-refractivity contribution in [3.05, 3.63) is 71.3 Å². The minimum Gasteiger partial charge on any atom is -0.508 e. The largest absolute Gasteiger partial charge is 0.508 e. The van der Waals surface area contributed by atoms with E-state index in [1.165, 1.54) is 12.0 Å². The molecule has 2 amide bonds. The number of carbonyl (C=O) groups is 3. The number of phenols is 1. The Morgan fingerprint density at radius 3 is 2.35 bits per heavy atom. The van der Waals surface area contributed by atoms with Crippen LogP contribution in [0.25, 0.3) is 6.08 Å². The Morgan fingerprint density at radius 1 is 1.00 bits per heavy atom. The molecule has 3 saturated heterocycles. The monoisotopic (exact) mass is 763 g/mol. The Balaban J connectivity index is 1.30. The molecule has 3 heterocycles. The number of para-hydroxylation sites is 1. The van der Waals surface area contributed by atoms with Gasteiger partial charge in [0.05, 0.1) is 19.3 Å². The maximum atomic E-state index is 14.8. The van der Waals surface area contributed by atoms with Crippen LogP contribution in [-0.2, 0) is 46.4 Å². The van der Waals surface area contributed by atoms with Crippen molar-refractivity contribution < 1.29 is 48.8 Å². The van der Waals surface area contributed by atoms with E-state index in [1.807, 2.05) is 48.6 Å². The lowest BCUT2D eigenvalue weighted by molar-refractivity contribution is -0.224. The Hall–Kier alpha value is -3.85. The second-order valence-corrected chi connectivity index (χ2v) is 15.4. The van der Waals surface area contributed by atoms with Gasteiger partial charge in [-0.15, -0.1) is 0 Å². The molecule has 300 valence electrons. The third-order valence-corrected chi connectivity index (χ3v) is 11.4. The Labute approximate surface area is 323 Å². The lowest BCUT2D eigenvalue weighted by atomic mass is 9.62. The summed E-state index contributed by atoms with van der Waals surface area (Å²) >= 11 is 0. The summed E-state index contributed by atoms with van der Waals surface area (Å²) in [6.07, 6.45) is 7.27. The van der Waals surface area contributed by atoms with Gasteiger partial charge in [-0.3, -0.25) is 19.2 Å². The normalized spacial score (nSPS) is 27.7. The topological polar surface area (TPSA) is 176 Å². The predicted octanol–water partition coefficient (Wildman–Crippen LogP) is 4.06. The predicted molar refractivity (Wildman–Crippen MR) is 203 cm³/mol. The molecule has 2 aromatic rings. The van der Waals surface area contributed by atoms with Crippen molar-refractivity contribution >= 4 is 23.9 Å². The molecule has 1 aliphatic carbocycles. The van der Waals surface area contributed by atoms with E-state index in [0.29, 0.717) is 19.3 Å². The molecule has 13 nitrogen and oxygen atoms in total. The molecule has 2 aromatic carbocycles. The van der Waals surface area contributed by atoms with Crippen molar-refractivity contribution in [3.63, 3.8) is 0 Å². The number of unbranched alkanes of at least 4 members (excludes halogenated alkanes) is 4. The zero-order valence-electron chi connectivity index (χ0n) is 32.2. The number of fused-ring (bicyclic) bond motifs is 4. The van der Waals surface area contributed by atoms with Crippen LogP contribution in [0.4, 0.5) is 0 Å². The summed E-state index contributed by atoms with van der Waals surface area (Å²) in [6, 6.07) is 12.4. The molecule has 13 heteroatoms.